The van der Waals surface area contributed by atoms with Crippen molar-refractivity contribution >= 4 is 10.8 Å². The molecule has 112 valence electrons. The van der Waals surface area contributed by atoms with Crippen molar-refractivity contribution in [2.24, 2.45) is 0 Å². The third-order valence-electron chi connectivity index (χ3n) is 4.00. The van der Waals surface area contributed by atoms with E-state index in [9.17, 15) is 4.79 Å². The van der Waals surface area contributed by atoms with E-state index in [2.05, 4.69) is 0 Å². The SMILES string of the molecule is Cc1ccccc1-n1c(F)c(C(C)C)c2ccccc2c1=O. The summed E-state index contributed by atoms with van der Waals surface area (Å²) in [5, 5.41) is 1.25. The lowest BCUT2D eigenvalue weighted by Gasteiger charge is -2.18. The third kappa shape index (κ3) is 2.13. The molecule has 0 saturated carbocycles. The van der Waals surface area contributed by atoms with Gasteiger partial charge in [-0.05, 0) is 35.9 Å². The van der Waals surface area contributed by atoms with Crippen molar-refractivity contribution < 1.29 is 4.39 Å². The van der Waals surface area contributed by atoms with E-state index in [4.69, 9.17) is 0 Å². The third-order valence-corrected chi connectivity index (χ3v) is 4.00. The maximum Gasteiger partial charge on any atom is 0.265 e. The number of para-hydroxylation sites is 1. The fourth-order valence-corrected chi connectivity index (χ4v) is 2.92. The summed E-state index contributed by atoms with van der Waals surface area (Å²) >= 11 is 0. The minimum Gasteiger partial charge on any atom is -0.268 e. The zero-order valence-electron chi connectivity index (χ0n) is 12.9. The molecule has 0 saturated heterocycles. The van der Waals surface area contributed by atoms with Crippen molar-refractivity contribution in [3.63, 3.8) is 0 Å². The average Bonchev–Trinajstić information content (AvgIpc) is 2.49. The van der Waals surface area contributed by atoms with Gasteiger partial charge in [-0.2, -0.15) is 4.39 Å². The Hall–Kier alpha value is -2.42. The van der Waals surface area contributed by atoms with Crippen molar-refractivity contribution in [2.45, 2.75) is 26.7 Å². The predicted molar refractivity (Wildman–Crippen MR) is 88.3 cm³/mol. The number of rotatable bonds is 2. The van der Waals surface area contributed by atoms with Crippen molar-refractivity contribution in [3.05, 3.63) is 76.0 Å². The van der Waals surface area contributed by atoms with Gasteiger partial charge in [0.2, 0.25) is 5.95 Å². The molecule has 0 amide bonds. The van der Waals surface area contributed by atoms with Gasteiger partial charge in [0.25, 0.3) is 5.56 Å². The number of halogens is 1. The van der Waals surface area contributed by atoms with Crippen LogP contribution < -0.4 is 5.56 Å². The van der Waals surface area contributed by atoms with Crippen LogP contribution in [0.3, 0.4) is 0 Å². The Kier molecular flexibility index (Phi) is 3.57. The Morgan fingerprint density at radius 1 is 0.955 bits per heavy atom. The minimum absolute atomic E-state index is 0.0132. The molecule has 22 heavy (non-hydrogen) atoms. The molecule has 2 nitrogen and oxygen atoms in total. The molecule has 3 rings (SSSR count). The van der Waals surface area contributed by atoms with E-state index in [-0.39, 0.29) is 11.5 Å². The molecule has 0 aliphatic heterocycles. The monoisotopic (exact) mass is 295 g/mol. The van der Waals surface area contributed by atoms with Crippen LogP contribution in [0.5, 0.6) is 0 Å². The average molecular weight is 295 g/mol. The Balaban J connectivity index is 2.52. The highest BCUT2D eigenvalue weighted by molar-refractivity contribution is 5.85. The molecule has 0 unspecified atom stereocenters. The van der Waals surface area contributed by atoms with Gasteiger partial charge in [-0.3, -0.25) is 9.36 Å². The van der Waals surface area contributed by atoms with Gasteiger partial charge in [0.05, 0.1) is 5.69 Å². The second-order valence-electron chi connectivity index (χ2n) is 5.83. The fraction of sp³-hybridized carbons (Fsp3) is 0.211. The van der Waals surface area contributed by atoms with Crippen molar-refractivity contribution in [1.82, 2.24) is 4.57 Å². The lowest BCUT2D eigenvalue weighted by molar-refractivity contribution is 0.524. The normalized spacial score (nSPS) is 11.3. The summed E-state index contributed by atoms with van der Waals surface area (Å²) in [6.07, 6.45) is 0. The summed E-state index contributed by atoms with van der Waals surface area (Å²) in [6.45, 7) is 5.76. The maximum atomic E-state index is 15.1. The lowest BCUT2D eigenvalue weighted by atomic mass is 9.97. The van der Waals surface area contributed by atoms with Crippen molar-refractivity contribution in [1.29, 1.82) is 0 Å². The molecule has 0 radical (unpaired) electrons. The predicted octanol–water partition coefficient (Wildman–Crippen LogP) is 4.56. The topological polar surface area (TPSA) is 22.0 Å². The highest BCUT2D eigenvalue weighted by atomic mass is 19.1. The summed E-state index contributed by atoms with van der Waals surface area (Å²) in [4.78, 5) is 12.8. The van der Waals surface area contributed by atoms with Crippen LogP contribution in [-0.4, -0.2) is 4.57 Å². The summed E-state index contributed by atoms with van der Waals surface area (Å²) in [5.41, 5.74) is 1.73. The molecule has 1 aromatic heterocycles. The van der Waals surface area contributed by atoms with Gasteiger partial charge < -0.3 is 0 Å². The number of pyridine rings is 1. The molecule has 3 aromatic rings. The first-order valence-corrected chi connectivity index (χ1v) is 7.41. The van der Waals surface area contributed by atoms with Crippen LogP contribution in [0.25, 0.3) is 16.5 Å². The zero-order chi connectivity index (χ0) is 15.9. The summed E-state index contributed by atoms with van der Waals surface area (Å²) in [5.74, 6) is -0.478. The molecule has 0 spiro atoms. The van der Waals surface area contributed by atoms with Crippen LogP contribution in [0.4, 0.5) is 4.39 Å². The van der Waals surface area contributed by atoms with E-state index >= 15 is 4.39 Å². The molecule has 1 heterocycles. The number of aromatic nitrogens is 1. The van der Waals surface area contributed by atoms with Crippen LogP contribution in [-0.2, 0) is 0 Å². The Bertz CT molecular complexity index is 909. The molecular weight excluding hydrogens is 277 g/mol. The van der Waals surface area contributed by atoms with Gasteiger partial charge in [-0.15, -0.1) is 0 Å². The number of hydrogen-bond acceptors (Lipinski definition) is 1. The van der Waals surface area contributed by atoms with E-state index in [1.165, 1.54) is 4.57 Å². The largest absolute Gasteiger partial charge is 0.268 e. The number of hydrogen-bond donors (Lipinski definition) is 0. The summed E-state index contributed by atoms with van der Waals surface area (Å²) in [6, 6.07) is 14.6. The van der Waals surface area contributed by atoms with Crippen LogP contribution in [0, 0.1) is 12.9 Å². The van der Waals surface area contributed by atoms with Crippen molar-refractivity contribution in [3.8, 4) is 5.69 Å². The highest BCUT2D eigenvalue weighted by Gasteiger charge is 2.20. The van der Waals surface area contributed by atoms with Crippen LogP contribution in [0.2, 0.25) is 0 Å². The Morgan fingerprint density at radius 3 is 2.18 bits per heavy atom. The Morgan fingerprint density at radius 2 is 1.55 bits per heavy atom. The zero-order valence-corrected chi connectivity index (χ0v) is 12.9. The number of aryl methyl sites for hydroxylation is 1. The second kappa shape index (κ2) is 5.41. The summed E-state index contributed by atoms with van der Waals surface area (Å²) in [7, 11) is 0. The minimum atomic E-state index is -0.465. The molecule has 0 N–H and O–H groups in total. The summed E-state index contributed by atoms with van der Waals surface area (Å²) < 4.78 is 16.3. The maximum absolute atomic E-state index is 15.1. The molecular formula is C19H18FNO. The van der Waals surface area contributed by atoms with Gasteiger partial charge in [0.1, 0.15) is 0 Å². The van der Waals surface area contributed by atoms with E-state index in [1.807, 2.05) is 57.2 Å². The molecule has 0 aliphatic rings. The van der Waals surface area contributed by atoms with Gasteiger partial charge in [-0.25, -0.2) is 0 Å². The van der Waals surface area contributed by atoms with Crippen LogP contribution in [0.15, 0.2) is 53.3 Å². The first kappa shape index (κ1) is 14.5. The van der Waals surface area contributed by atoms with Gasteiger partial charge in [0.15, 0.2) is 0 Å². The van der Waals surface area contributed by atoms with E-state index in [1.54, 1.807) is 12.1 Å². The molecule has 0 bridgehead atoms. The molecule has 2 aromatic carbocycles. The van der Waals surface area contributed by atoms with E-state index in [0.29, 0.717) is 22.0 Å². The Labute approximate surface area is 128 Å². The smallest absolute Gasteiger partial charge is 0.265 e. The molecule has 0 aliphatic carbocycles. The molecule has 0 atom stereocenters. The number of fused-ring (bicyclic) bond motifs is 1. The standard InChI is InChI=1S/C19H18FNO/c1-12(2)17-14-9-5-6-10-15(14)19(22)21(18(17)20)16-11-7-4-8-13(16)3/h4-12H,1-3H3. The second-order valence-corrected chi connectivity index (χ2v) is 5.83. The van der Waals surface area contributed by atoms with E-state index in [0.717, 1.165) is 5.56 Å². The molecule has 0 fully saturated rings. The van der Waals surface area contributed by atoms with Gasteiger partial charge >= 0.3 is 0 Å². The van der Waals surface area contributed by atoms with Gasteiger partial charge in [-0.1, -0.05) is 50.2 Å². The van der Waals surface area contributed by atoms with Crippen molar-refractivity contribution in [2.75, 3.05) is 0 Å². The lowest BCUT2D eigenvalue weighted by Crippen LogP contribution is -2.24. The first-order chi connectivity index (χ1) is 10.5. The molecule has 3 heteroatoms. The van der Waals surface area contributed by atoms with Gasteiger partial charge in [0, 0.05) is 10.9 Å². The van der Waals surface area contributed by atoms with E-state index < -0.39 is 5.95 Å². The number of nitrogens with zero attached hydrogens (tertiary/aromatic N) is 1. The van der Waals surface area contributed by atoms with Crippen LogP contribution in [0.1, 0.15) is 30.9 Å². The highest BCUT2D eigenvalue weighted by Crippen LogP contribution is 2.28. The number of benzene rings is 2. The fourth-order valence-electron chi connectivity index (χ4n) is 2.92. The quantitative estimate of drug-likeness (QED) is 0.635. The first-order valence-electron chi connectivity index (χ1n) is 7.41. The van der Waals surface area contributed by atoms with Crippen LogP contribution >= 0.6 is 0 Å².